The lowest BCUT2D eigenvalue weighted by molar-refractivity contribution is 0.866. The summed E-state index contributed by atoms with van der Waals surface area (Å²) in [6.45, 7) is 8.22. The van der Waals surface area contributed by atoms with Crippen molar-refractivity contribution in [2.24, 2.45) is 4.99 Å². The van der Waals surface area contributed by atoms with Crippen LogP contribution >= 0.6 is 24.8 Å². The molecule has 0 radical (unpaired) electrons. The van der Waals surface area contributed by atoms with Crippen molar-refractivity contribution in [1.29, 1.82) is 0 Å². The molecule has 2 rings (SSSR count). The average Bonchev–Trinajstić information content (AvgIpc) is 2.86. The second-order valence-electron chi connectivity index (χ2n) is 4.00. The van der Waals surface area contributed by atoms with Crippen LogP contribution in [0.5, 0.6) is 0 Å². The van der Waals surface area contributed by atoms with Gasteiger partial charge >= 0.3 is 0 Å². The molecule has 1 aromatic carbocycles. The van der Waals surface area contributed by atoms with Crippen LogP contribution in [-0.4, -0.2) is 32.1 Å². The first-order valence-corrected chi connectivity index (χ1v) is 6.24. The molecule has 0 fully saturated rings. The Labute approximate surface area is 127 Å². The predicted molar refractivity (Wildman–Crippen MR) is 88.4 cm³/mol. The van der Waals surface area contributed by atoms with Gasteiger partial charge in [-0.15, -0.1) is 24.8 Å². The quantitative estimate of drug-likeness (QED) is 0.898. The molecule has 19 heavy (non-hydrogen) atoms. The van der Waals surface area contributed by atoms with Gasteiger partial charge in [0, 0.05) is 31.0 Å². The molecule has 4 nitrogen and oxygen atoms in total. The smallest absolute Gasteiger partial charge is 0.195 e. The zero-order chi connectivity index (χ0) is 12.1. The van der Waals surface area contributed by atoms with Crippen molar-refractivity contribution in [2.45, 2.75) is 13.8 Å². The number of benzene rings is 1. The van der Waals surface area contributed by atoms with Crippen LogP contribution in [0.15, 0.2) is 29.3 Å². The number of rotatable bonds is 4. The Balaban J connectivity index is 0.00000162. The molecule has 0 saturated carbocycles. The third-order valence-electron chi connectivity index (χ3n) is 2.93. The van der Waals surface area contributed by atoms with E-state index in [9.17, 15) is 0 Å². The molecule has 6 heteroatoms. The average molecular weight is 305 g/mol. The largest absolute Gasteiger partial charge is 0.372 e. The minimum absolute atomic E-state index is 0. The number of nitrogens with zero attached hydrogens (tertiary/aromatic N) is 2. The molecular weight excluding hydrogens is 283 g/mol. The highest BCUT2D eigenvalue weighted by molar-refractivity contribution is 5.94. The van der Waals surface area contributed by atoms with E-state index in [1.165, 1.54) is 5.69 Å². The summed E-state index contributed by atoms with van der Waals surface area (Å²) in [5, 5.41) is 6.46. The molecule has 0 atom stereocenters. The topological polar surface area (TPSA) is 39.7 Å². The van der Waals surface area contributed by atoms with Gasteiger partial charge in [-0.2, -0.15) is 0 Å². The second-order valence-corrected chi connectivity index (χ2v) is 4.00. The van der Waals surface area contributed by atoms with Gasteiger partial charge < -0.3 is 15.5 Å². The maximum atomic E-state index is 4.30. The molecule has 2 N–H and O–H groups in total. The fraction of sp³-hybridized carbons (Fsp3) is 0.462. The van der Waals surface area contributed by atoms with E-state index in [-0.39, 0.29) is 24.8 Å². The van der Waals surface area contributed by atoms with Crippen LogP contribution in [0.25, 0.3) is 0 Å². The van der Waals surface area contributed by atoms with Gasteiger partial charge in [-0.05, 0) is 38.1 Å². The lowest BCUT2D eigenvalue weighted by atomic mass is 10.2. The molecule has 0 unspecified atom stereocenters. The molecule has 1 aromatic rings. The van der Waals surface area contributed by atoms with Gasteiger partial charge in [-0.1, -0.05) is 0 Å². The fourth-order valence-corrected chi connectivity index (χ4v) is 1.96. The number of aliphatic imine (C=N–C) groups is 1. The van der Waals surface area contributed by atoms with Gasteiger partial charge in [0.25, 0.3) is 0 Å². The van der Waals surface area contributed by atoms with Crippen LogP contribution in [0.4, 0.5) is 11.4 Å². The zero-order valence-corrected chi connectivity index (χ0v) is 13.0. The van der Waals surface area contributed by atoms with Gasteiger partial charge in [-0.25, -0.2) is 0 Å². The first kappa shape index (κ1) is 17.9. The van der Waals surface area contributed by atoms with Gasteiger partial charge in [0.15, 0.2) is 5.96 Å². The molecule has 108 valence electrons. The van der Waals surface area contributed by atoms with Crippen molar-refractivity contribution in [3.05, 3.63) is 24.3 Å². The van der Waals surface area contributed by atoms with E-state index in [4.69, 9.17) is 0 Å². The first-order valence-electron chi connectivity index (χ1n) is 6.24. The van der Waals surface area contributed by atoms with E-state index < -0.39 is 0 Å². The van der Waals surface area contributed by atoms with Crippen molar-refractivity contribution >= 4 is 42.1 Å². The summed E-state index contributed by atoms with van der Waals surface area (Å²) in [5.74, 6) is 0.876. The van der Waals surface area contributed by atoms with Gasteiger partial charge in [0.2, 0.25) is 0 Å². The van der Waals surface area contributed by atoms with Crippen LogP contribution in [0.2, 0.25) is 0 Å². The Bertz CT molecular complexity index is 388. The van der Waals surface area contributed by atoms with Crippen molar-refractivity contribution in [1.82, 2.24) is 5.32 Å². The van der Waals surface area contributed by atoms with Crippen LogP contribution in [0.3, 0.4) is 0 Å². The van der Waals surface area contributed by atoms with Crippen LogP contribution in [-0.2, 0) is 0 Å². The molecule has 0 amide bonds. The van der Waals surface area contributed by atoms with E-state index in [2.05, 4.69) is 58.6 Å². The van der Waals surface area contributed by atoms with E-state index in [0.29, 0.717) is 0 Å². The summed E-state index contributed by atoms with van der Waals surface area (Å²) in [7, 11) is 0. The molecule has 1 heterocycles. The molecule has 0 saturated heterocycles. The SMILES string of the molecule is CCN(CC)c1ccc(NC2=NCCN2)cc1.Cl.Cl. The highest BCUT2D eigenvalue weighted by atomic mass is 35.5. The first-order chi connectivity index (χ1) is 8.33. The summed E-state index contributed by atoms with van der Waals surface area (Å²) < 4.78 is 0. The normalized spacial score (nSPS) is 12.6. The van der Waals surface area contributed by atoms with Crippen molar-refractivity contribution in [3.63, 3.8) is 0 Å². The fourth-order valence-electron chi connectivity index (χ4n) is 1.96. The Morgan fingerprint density at radius 2 is 1.79 bits per heavy atom. The van der Waals surface area contributed by atoms with E-state index in [0.717, 1.165) is 37.8 Å². The number of hydrogen-bond donors (Lipinski definition) is 2. The number of guanidine groups is 1. The summed E-state index contributed by atoms with van der Waals surface area (Å²) >= 11 is 0. The van der Waals surface area contributed by atoms with Gasteiger partial charge in [0.05, 0.1) is 6.54 Å². The number of hydrogen-bond acceptors (Lipinski definition) is 4. The van der Waals surface area contributed by atoms with Crippen LogP contribution < -0.4 is 15.5 Å². The Kier molecular flexibility index (Phi) is 8.35. The molecule has 1 aliphatic heterocycles. The Morgan fingerprint density at radius 1 is 1.16 bits per heavy atom. The molecular formula is C13H22Cl2N4. The van der Waals surface area contributed by atoms with E-state index in [1.807, 2.05) is 0 Å². The van der Waals surface area contributed by atoms with Crippen LogP contribution in [0, 0.1) is 0 Å². The molecule has 1 aliphatic rings. The summed E-state index contributed by atoms with van der Waals surface area (Å²) in [6, 6.07) is 8.47. The zero-order valence-electron chi connectivity index (χ0n) is 11.3. The standard InChI is InChI=1S/C13H20N4.2ClH/c1-3-17(4-2)12-7-5-11(6-8-12)16-13-14-9-10-15-13;;/h5-8H,3-4,9-10H2,1-2H3,(H2,14,15,16);2*1H. The lowest BCUT2D eigenvalue weighted by Gasteiger charge is -2.21. The van der Waals surface area contributed by atoms with Crippen molar-refractivity contribution in [3.8, 4) is 0 Å². The summed E-state index contributed by atoms with van der Waals surface area (Å²) in [4.78, 5) is 6.63. The third-order valence-corrected chi connectivity index (χ3v) is 2.93. The number of halogens is 2. The minimum atomic E-state index is 0. The van der Waals surface area contributed by atoms with Gasteiger partial charge in [-0.3, -0.25) is 4.99 Å². The predicted octanol–water partition coefficient (Wildman–Crippen LogP) is 2.75. The summed E-state index contributed by atoms with van der Waals surface area (Å²) in [6.07, 6.45) is 0. The molecule has 0 spiro atoms. The third kappa shape index (κ3) is 4.80. The molecule has 0 bridgehead atoms. The number of nitrogens with one attached hydrogen (secondary N) is 2. The highest BCUT2D eigenvalue weighted by Gasteiger charge is 2.05. The van der Waals surface area contributed by atoms with Crippen molar-refractivity contribution < 1.29 is 0 Å². The lowest BCUT2D eigenvalue weighted by Crippen LogP contribution is -2.26. The van der Waals surface area contributed by atoms with Crippen molar-refractivity contribution in [2.75, 3.05) is 36.4 Å². The van der Waals surface area contributed by atoms with E-state index in [1.54, 1.807) is 0 Å². The molecule has 0 aromatic heterocycles. The highest BCUT2D eigenvalue weighted by Crippen LogP contribution is 2.17. The minimum Gasteiger partial charge on any atom is -0.372 e. The summed E-state index contributed by atoms with van der Waals surface area (Å²) in [5.41, 5.74) is 2.34. The maximum Gasteiger partial charge on any atom is 0.195 e. The Morgan fingerprint density at radius 3 is 2.26 bits per heavy atom. The monoisotopic (exact) mass is 304 g/mol. The second kappa shape index (κ2) is 8.88. The van der Waals surface area contributed by atoms with E-state index >= 15 is 0 Å². The Hall–Kier alpha value is -1.13. The molecule has 0 aliphatic carbocycles. The van der Waals surface area contributed by atoms with Crippen LogP contribution in [0.1, 0.15) is 13.8 Å². The number of anilines is 2. The maximum absolute atomic E-state index is 4.30. The van der Waals surface area contributed by atoms with Gasteiger partial charge in [0.1, 0.15) is 0 Å².